The van der Waals surface area contributed by atoms with Crippen molar-refractivity contribution in [1.29, 1.82) is 0 Å². The Balaban J connectivity index is 1.85. The molecule has 0 spiro atoms. The van der Waals surface area contributed by atoms with E-state index in [1.165, 1.54) is 7.11 Å². The number of rotatable bonds is 4. The van der Waals surface area contributed by atoms with Crippen LogP contribution in [0.1, 0.15) is 62.0 Å². The van der Waals surface area contributed by atoms with Crippen LogP contribution in [-0.4, -0.2) is 45.9 Å². The Kier molecular flexibility index (Phi) is 4.57. The molecule has 4 rings (SSSR count). The van der Waals surface area contributed by atoms with Crippen molar-refractivity contribution >= 4 is 22.8 Å². The van der Waals surface area contributed by atoms with Crippen molar-refractivity contribution < 1.29 is 19.5 Å². The third kappa shape index (κ3) is 3.06. The number of carbonyl (C=O) groups excluding carboxylic acids is 1. The summed E-state index contributed by atoms with van der Waals surface area (Å²) < 4.78 is 12.6. The van der Waals surface area contributed by atoms with Crippen LogP contribution in [0.3, 0.4) is 0 Å². The molecule has 2 fully saturated rings. The molecule has 3 heterocycles. The van der Waals surface area contributed by atoms with Gasteiger partial charge < -0.3 is 25.0 Å². The third-order valence-electron chi connectivity index (χ3n) is 6.45. The first kappa shape index (κ1) is 19.7. The largest absolute Gasteiger partial charge is 0.464 e. The number of hydrogen-bond donors (Lipinski definition) is 2. The first-order chi connectivity index (χ1) is 13.7. The number of nitrogens with zero attached hydrogens (tertiary/aromatic N) is 3. The SMILES string of the molecule is COC(=O)c1cc2cc(C3CCOC(C)(C)C3)cnc2n1[C@@]1(C(N)=NO)C[C@@H]1C. The number of ether oxygens (including phenoxy) is 2. The number of hydrogen-bond acceptors (Lipinski definition) is 6. The lowest BCUT2D eigenvalue weighted by atomic mass is 9.84. The molecule has 1 aliphatic carbocycles. The lowest BCUT2D eigenvalue weighted by Gasteiger charge is -2.35. The number of fused-ring (bicyclic) bond motifs is 1. The van der Waals surface area contributed by atoms with E-state index in [2.05, 4.69) is 25.1 Å². The zero-order valence-electron chi connectivity index (χ0n) is 17.3. The van der Waals surface area contributed by atoms with Crippen molar-refractivity contribution in [2.45, 2.75) is 57.1 Å². The van der Waals surface area contributed by atoms with Gasteiger partial charge in [-0.1, -0.05) is 12.1 Å². The standard InChI is InChI=1S/C21H28N4O4/c1-12-9-21(12,19(22)24-27)25-16(18(26)28-4)8-14-7-15(11-23-17(14)25)13-5-6-29-20(2,3)10-13/h7-8,11-13,27H,5-6,9-10H2,1-4H3,(H2,22,24)/t12-,13?,21-/m0/s1. The molecule has 2 aromatic heterocycles. The van der Waals surface area contributed by atoms with E-state index < -0.39 is 11.5 Å². The van der Waals surface area contributed by atoms with Crippen molar-refractivity contribution in [2.24, 2.45) is 16.8 Å². The van der Waals surface area contributed by atoms with Gasteiger partial charge in [0.2, 0.25) is 0 Å². The molecule has 0 bridgehead atoms. The fourth-order valence-corrected chi connectivity index (χ4v) is 4.79. The molecule has 1 aliphatic heterocycles. The Morgan fingerprint density at radius 1 is 1.41 bits per heavy atom. The predicted molar refractivity (Wildman–Crippen MR) is 108 cm³/mol. The monoisotopic (exact) mass is 400 g/mol. The summed E-state index contributed by atoms with van der Waals surface area (Å²) >= 11 is 0. The quantitative estimate of drug-likeness (QED) is 0.268. The topological polar surface area (TPSA) is 112 Å². The highest BCUT2D eigenvalue weighted by molar-refractivity contribution is 5.99. The highest BCUT2D eigenvalue weighted by Crippen LogP contribution is 2.52. The average molecular weight is 400 g/mol. The number of esters is 1. The summed E-state index contributed by atoms with van der Waals surface area (Å²) in [7, 11) is 1.35. The lowest BCUT2D eigenvalue weighted by Crippen LogP contribution is -2.38. The molecule has 0 aromatic carbocycles. The van der Waals surface area contributed by atoms with Gasteiger partial charge in [0.05, 0.1) is 12.7 Å². The van der Waals surface area contributed by atoms with Gasteiger partial charge in [-0.3, -0.25) is 0 Å². The number of carbonyl (C=O) groups is 1. The van der Waals surface area contributed by atoms with Crippen LogP contribution in [0, 0.1) is 5.92 Å². The fourth-order valence-electron chi connectivity index (χ4n) is 4.79. The second kappa shape index (κ2) is 6.73. The zero-order chi connectivity index (χ0) is 21.0. The van der Waals surface area contributed by atoms with Crippen LogP contribution >= 0.6 is 0 Å². The van der Waals surface area contributed by atoms with Gasteiger partial charge in [0.25, 0.3) is 0 Å². The van der Waals surface area contributed by atoms with E-state index in [0.717, 1.165) is 23.8 Å². The lowest BCUT2D eigenvalue weighted by molar-refractivity contribution is -0.0593. The van der Waals surface area contributed by atoms with Crippen LogP contribution < -0.4 is 5.73 Å². The number of pyridine rings is 1. The molecule has 1 unspecified atom stereocenters. The molecule has 1 saturated heterocycles. The molecule has 1 saturated carbocycles. The normalized spacial score (nSPS) is 29.0. The Morgan fingerprint density at radius 2 is 2.14 bits per heavy atom. The minimum atomic E-state index is -0.769. The molecular formula is C21H28N4O4. The van der Waals surface area contributed by atoms with Crippen LogP contribution in [-0.2, 0) is 15.0 Å². The molecule has 0 radical (unpaired) electrons. The second-order valence-electron chi connectivity index (χ2n) is 8.85. The van der Waals surface area contributed by atoms with Gasteiger partial charge in [0.15, 0.2) is 5.84 Å². The van der Waals surface area contributed by atoms with Gasteiger partial charge in [-0.05, 0) is 62.6 Å². The summed E-state index contributed by atoms with van der Waals surface area (Å²) in [4.78, 5) is 17.3. The molecule has 3 atom stereocenters. The van der Waals surface area contributed by atoms with Crippen LogP contribution in [0.4, 0.5) is 0 Å². The van der Waals surface area contributed by atoms with E-state index >= 15 is 0 Å². The average Bonchev–Trinajstić information content (AvgIpc) is 3.21. The Morgan fingerprint density at radius 3 is 2.72 bits per heavy atom. The van der Waals surface area contributed by atoms with Crippen molar-refractivity contribution in [3.05, 3.63) is 29.6 Å². The molecule has 8 heteroatoms. The summed E-state index contributed by atoms with van der Waals surface area (Å²) in [5.41, 5.74) is 7.24. The Hall–Kier alpha value is -2.61. The first-order valence-corrected chi connectivity index (χ1v) is 9.95. The maximum atomic E-state index is 12.5. The van der Waals surface area contributed by atoms with E-state index in [0.29, 0.717) is 30.3 Å². The van der Waals surface area contributed by atoms with Gasteiger partial charge >= 0.3 is 5.97 Å². The van der Waals surface area contributed by atoms with Crippen molar-refractivity contribution in [1.82, 2.24) is 9.55 Å². The van der Waals surface area contributed by atoms with Gasteiger partial charge in [-0.25, -0.2) is 9.78 Å². The highest BCUT2D eigenvalue weighted by atomic mass is 16.5. The van der Waals surface area contributed by atoms with Gasteiger partial charge in [-0.15, -0.1) is 0 Å². The zero-order valence-corrected chi connectivity index (χ0v) is 17.3. The molecule has 2 aromatic rings. The number of methoxy groups -OCH3 is 1. The summed E-state index contributed by atoms with van der Waals surface area (Å²) in [6.07, 6.45) is 4.38. The summed E-state index contributed by atoms with van der Waals surface area (Å²) in [6.45, 7) is 6.93. The number of oxime groups is 1. The maximum Gasteiger partial charge on any atom is 0.354 e. The minimum Gasteiger partial charge on any atom is -0.464 e. The van der Waals surface area contributed by atoms with Crippen molar-refractivity contribution in [3.8, 4) is 0 Å². The van der Waals surface area contributed by atoms with Gasteiger partial charge in [0.1, 0.15) is 16.9 Å². The van der Waals surface area contributed by atoms with Crippen LogP contribution in [0.25, 0.3) is 11.0 Å². The second-order valence-corrected chi connectivity index (χ2v) is 8.85. The Labute approximate surface area is 169 Å². The molecule has 8 nitrogen and oxygen atoms in total. The summed E-state index contributed by atoms with van der Waals surface area (Å²) in [5, 5.41) is 13.4. The number of amidine groups is 1. The summed E-state index contributed by atoms with van der Waals surface area (Å²) in [6, 6.07) is 3.88. The molecule has 156 valence electrons. The molecular weight excluding hydrogens is 372 g/mol. The van der Waals surface area contributed by atoms with Crippen LogP contribution in [0.2, 0.25) is 0 Å². The van der Waals surface area contributed by atoms with Gasteiger partial charge in [-0.2, -0.15) is 0 Å². The summed E-state index contributed by atoms with van der Waals surface area (Å²) in [5.74, 6) is 0.0549. The van der Waals surface area contributed by atoms with E-state index in [9.17, 15) is 10.0 Å². The van der Waals surface area contributed by atoms with Crippen LogP contribution in [0.5, 0.6) is 0 Å². The molecule has 0 amide bonds. The highest BCUT2D eigenvalue weighted by Gasteiger charge is 2.58. The van der Waals surface area contributed by atoms with Crippen molar-refractivity contribution in [2.75, 3.05) is 13.7 Å². The predicted octanol–water partition coefficient (Wildman–Crippen LogP) is 2.98. The molecule has 2 aliphatic rings. The molecule has 3 N–H and O–H groups in total. The van der Waals surface area contributed by atoms with Crippen LogP contribution in [0.15, 0.2) is 23.5 Å². The number of nitrogens with two attached hydrogens (primary N) is 1. The van der Waals surface area contributed by atoms with Crippen molar-refractivity contribution in [3.63, 3.8) is 0 Å². The number of aromatic nitrogens is 2. The van der Waals surface area contributed by atoms with E-state index in [4.69, 9.17) is 20.2 Å². The van der Waals surface area contributed by atoms with Gasteiger partial charge in [0, 0.05) is 18.2 Å². The first-order valence-electron chi connectivity index (χ1n) is 9.95. The van der Waals surface area contributed by atoms with E-state index in [-0.39, 0.29) is 17.4 Å². The smallest absolute Gasteiger partial charge is 0.354 e. The molecule has 29 heavy (non-hydrogen) atoms. The maximum absolute atomic E-state index is 12.5. The van der Waals surface area contributed by atoms with E-state index in [1.807, 2.05) is 13.1 Å². The fraction of sp³-hybridized carbons (Fsp3) is 0.571. The minimum absolute atomic E-state index is 0.0738. The van der Waals surface area contributed by atoms with E-state index in [1.54, 1.807) is 10.6 Å². The third-order valence-corrected chi connectivity index (χ3v) is 6.45. The Bertz CT molecular complexity index is 996.